The SMILES string of the molecule is CN(Cc1cnn(C)c1)C(=O)C(CN)CC(C)(C)C. The van der Waals surface area contributed by atoms with Crippen LogP contribution in [0.15, 0.2) is 12.4 Å². The van der Waals surface area contributed by atoms with Crippen molar-refractivity contribution in [2.45, 2.75) is 33.7 Å². The fourth-order valence-corrected chi connectivity index (χ4v) is 2.23. The Morgan fingerprint density at radius 2 is 2.16 bits per heavy atom. The van der Waals surface area contributed by atoms with Gasteiger partial charge in [0.15, 0.2) is 0 Å². The Balaban J connectivity index is 2.64. The van der Waals surface area contributed by atoms with Gasteiger partial charge in [-0.15, -0.1) is 0 Å². The van der Waals surface area contributed by atoms with Crippen LogP contribution in [-0.2, 0) is 18.4 Å². The van der Waals surface area contributed by atoms with Gasteiger partial charge in [0.25, 0.3) is 0 Å². The van der Waals surface area contributed by atoms with E-state index in [1.807, 2.05) is 20.3 Å². The molecule has 108 valence electrons. The van der Waals surface area contributed by atoms with Crippen LogP contribution in [0.5, 0.6) is 0 Å². The second-order valence-corrected chi connectivity index (χ2v) is 6.41. The number of aromatic nitrogens is 2. The Morgan fingerprint density at radius 3 is 2.58 bits per heavy atom. The predicted octanol–water partition coefficient (Wildman–Crippen LogP) is 1.39. The van der Waals surface area contributed by atoms with Crippen LogP contribution in [-0.4, -0.2) is 34.2 Å². The van der Waals surface area contributed by atoms with Crippen molar-refractivity contribution in [1.29, 1.82) is 0 Å². The summed E-state index contributed by atoms with van der Waals surface area (Å²) in [7, 11) is 3.69. The first-order valence-corrected chi connectivity index (χ1v) is 6.65. The molecule has 0 aliphatic rings. The van der Waals surface area contributed by atoms with Crippen molar-refractivity contribution in [3.63, 3.8) is 0 Å². The zero-order valence-electron chi connectivity index (χ0n) is 12.7. The van der Waals surface area contributed by atoms with E-state index in [1.165, 1.54) is 0 Å². The molecule has 0 aliphatic heterocycles. The monoisotopic (exact) mass is 266 g/mol. The van der Waals surface area contributed by atoms with E-state index in [0.717, 1.165) is 12.0 Å². The van der Waals surface area contributed by atoms with Crippen LogP contribution in [0.25, 0.3) is 0 Å². The third kappa shape index (κ3) is 5.03. The lowest BCUT2D eigenvalue weighted by atomic mass is 9.84. The molecule has 5 heteroatoms. The summed E-state index contributed by atoms with van der Waals surface area (Å²) in [6, 6.07) is 0. The number of amides is 1. The number of nitrogens with zero attached hydrogens (tertiary/aromatic N) is 3. The highest BCUT2D eigenvalue weighted by Gasteiger charge is 2.26. The number of carbonyl (C=O) groups is 1. The van der Waals surface area contributed by atoms with Crippen LogP contribution in [0.4, 0.5) is 0 Å². The van der Waals surface area contributed by atoms with Gasteiger partial charge in [0.2, 0.25) is 5.91 Å². The Morgan fingerprint density at radius 1 is 1.53 bits per heavy atom. The third-order valence-electron chi connectivity index (χ3n) is 3.05. The van der Waals surface area contributed by atoms with Crippen LogP contribution < -0.4 is 5.73 Å². The molecule has 1 unspecified atom stereocenters. The number of rotatable bonds is 5. The lowest BCUT2D eigenvalue weighted by Crippen LogP contribution is -2.38. The topological polar surface area (TPSA) is 64.2 Å². The zero-order chi connectivity index (χ0) is 14.6. The fraction of sp³-hybridized carbons (Fsp3) is 0.714. The molecule has 19 heavy (non-hydrogen) atoms. The van der Waals surface area contributed by atoms with Gasteiger partial charge in [-0.05, 0) is 11.8 Å². The van der Waals surface area contributed by atoms with E-state index in [0.29, 0.717) is 13.1 Å². The first-order valence-electron chi connectivity index (χ1n) is 6.65. The summed E-state index contributed by atoms with van der Waals surface area (Å²) in [5, 5.41) is 4.11. The largest absolute Gasteiger partial charge is 0.341 e. The molecule has 0 fully saturated rings. The molecule has 1 rings (SSSR count). The summed E-state index contributed by atoms with van der Waals surface area (Å²) in [6.45, 7) is 7.36. The maximum atomic E-state index is 12.4. The Labute approximate surface area is 115 Å². The van der Waals surface area contributed by atoms with Crippen molar-refractivity contribution in [3.8, 4) is 0 Å². The van der Waals surface area contributed by atoms with Gasteiger partial charge in [0.05, 0.1) is 12.1 Å². The summed E-state index contributed by atoms with van der Waals surface area (Å²) in [4.78, 5) is 14.1. The molecule has 1 amide bonds. The minimum atomic E-state index is -0.110. The van der Waals surface area contributed by atoms with Crippen LogP contribution in [0.3, 0.4) is 0 Å². The normalized spacial score (nSPS) is 13.4. The summed E-state index contributed by atoms with van der Waals surface area (Å²) >= 11 is 0. The molecule has 0 aromatic carbocycles. The van der Waals surface area contributed by atoms with Crippen molar-refractivity contribution < 1.29 is 4.79 Å². The molecular formula is C14H26N4O. The fourth-order valence-electron chi connectivity index (χ4n) is 2.23. The van der Waals surface area contributed by atoms with Gasteiger partial charge < -0.3 is 10.6 Å². The highest BCUT2D eigenvalue weighted by Crippen LogP contribution is 2.25. The molecule has 0 spiro atoms. The summed E-state index contributed by atoms with van der Waals surface area (Å²) in [6.07, 6.45) is 4.51. The molecule has 5 nitrogen and oxygen atoms in total. The number of carbonyl (C=O) groups excluding carboxylic acids is 1. The Bertz CT molecular complexity index is 419. The molecule has 1 aromatic rings. The predicted molar refractivity (Wildman–Crippen MR) is 76.3 cm³/mol. The lowest BCUT2D eigenvalue weighted by molar-refractivity contribution is -0.135. The van der Waals surface area contributed by atoms with Gasteiger partial charge in [0.1, 0.15) is 0 Å². The average Bonchev–Trinajstić information content (AvgIpc) is 2.69. The van der Waals surface area contributed by atoms with E-state index in [-0.39, 0.29) is 17.2 Å². The van der Waals surface area contributed by atoms with E-state index in [1.54, 1.807) is 15.8 Å². The molecule has 0 radical (unpaired) electrons. The van der Waals surface area contributed by atoms with Crippen molar-refractivity contribution in [1.82, 2.24) is 14.7 Å². The van der Waals surface area contributed by atoms with Gasteiger partial charge in [-0.2, -0.15) is 5.10 Å². The molecule has 0 aliphatic carbocycles. The quantitative estimate of drug-likeness (QED) is 0.876. The van der Waals surface area contributed by atoms with E-state index >= 15 is 0 Å². The van der Waals surface area contributed by atoms with Gasteiger partial charge in [-0.3, -0.25) is 9.48 Å². The first kappa shape index (κ1) is 15.7. The summed E-state index contributed by atoms with van der Waals surface area (Å²) in [5.74, 6) is 0.00273. The lowest BCUT2D eigenvalue weighted by Gasteiger charge is -2.28. The Hall–Kier alpha value is -1.36. The molecule has 1 aromatic heterocycles. The van der Waals surface area contributed by atoms with Crippen LogP contribution in [0, 0.1) is 11.3 Å². The first-order chi connectivity index (χ1) is 8.73. The van der Waals surface area contributed by atoms with Crippen LogP contribution in [0.1, 0.15) is 32.8 Å². The van der Waals surface area contributed by atoms with Gasteiger partial charge in [-0.1, -0.05) is 20.8 Å². The van der Waals surface area contributed by atoms with E-state index < -0.39 is 0 Å². The molecule has 0 saturated carbocycles. The van der Waals surface area contributed by atoms with E-state index in [2.05, 4.69) is 25.9 Å². The van der Waals surface area contributed by atoms with Crippen molar-refractivity contribution in [3.05, 3.63) is 18.0 Å². The zero-order valence-corrected chi connectivity index (χ0v) is 12.7. The summed E-state index contributed by atoms with van der Waals surface area (Å²) < 4.78 is 1.74. The highest BCUT2D eigenvalue weighted by atomic mass is 16.2. The molecular weight excluding hydrogens is 240 g/mol. The second-order valence-electron chi connectivity index (χ2n) is 6.41. The standard InChI is InChI=1S/C14H26N4O/c1-14(2,3)6-12(7-15)13(19)17(4)9-11-8-16-18(5)10-11/h8,10,12H,6-7,9,15H2,1-5H3. The molecule has 0 saturated heterocycles. The minimum Gasteiger partial charge on any atom is -0.341 e. The van der Waals surface area contributed by atoms with E-state index in [9.17, 15) is 4.79 Å². The average molecular weight is 266 g/mol. The number of hydrogen-bond acceptors (Lipinski definition) is 3. The summed E-state index contributed by atoms with van der Waals surface area (Å²) in [5.41, 5.74) is 6.89. The van der Waals surface area contributed by atoms with Gasteiger partial charge >= 0.3 is 0 Å². The second kappa shape index (κ2) is 6.19. The molecule has 0 bridgehead atoms. The number of nitrogens with two attached hydrogens (primary N) is 1. The third-order valence-corrected chi connectivity index (χ3v) is 3.05. The maximum Gasteiger partial charge on any atom is 0.227 e. The molecule has 1 heterocycles. The van der Waals surface area contributed by atoms with Crippen LogP contribution in [0.2, 0.25) is 0 Å². The Kier molecular flexibility index (Phi) is 5.11. The van der Waals surface area contributed by atoms with Crippen LogP contribution >= 0.6 is 0 Å². The van der Waals surface area contributed by atoms with Crippen molar-refractivity contribution in [2.24, 2.45) is 24.1 Å². The highest BCUT2D eigenvalue weighted by molar-refractivity contribution is 5.78. The van der Waals surface area contributed by atoms with Gasteiger partial charge in [0, 0.05) is 38.9 Å². The van der Waals surface area contributed by atoms with Crippen molar-refractivity contribution >= 4 is 5.91 Å². The molecule has 2 N–H and O–H groups in total. The number of hydrogen-bond donors (Lipinski definition) is 1. The molecule has 1 atom stereocenters. The smallest absolute Gasteiger partial charge is 0.227 e. The minimum absolute atomic E-state index is 0.106. The van der Waals surface area contributed by atoms with Crippen molar-refractivity contribution in [2.75, 3.05) is 13.6 Å². The number of aryl methyl sites for hydroxylation is 1. The maximum absolute atomic E-state index is 12.4. The van der Waals surface area contributed by atoms with Gasteiger partial charge in [-0.25, -0.2) is 0 Å². The van der Waals surface area contributed by atoms with E-state index in [4.69, 9.17) is 5.73 Å².